The zero-order valence-electron chi connectivity index (χ0n) is 13.2. The van der Waals surface area contributed by atoms with Crippen molar-refractivity contribution in [3.05, 3.63) is 30.3 Å². The van der Waals surface area contributed by atoms with Crippen molar-refractivity contribution in [2.75, 3.05) is 32.8 Å². The molecule has 3 rings (SSSR count). The fourth-order valence-corrected chi connectivity index (χ4v) is 3.77. The third-order valence-corrected chi connectivity index (χ3v) is 5.02. The van der Waals surface area contributed by atoms with E-state index < -0.39 is 0 Å². The van der Waals surface area contributed by atoms with E-state index in [1.807, 2.05) is 30.3 Å². The minimum atomic E-state index is 0.707. The molecule has 0 aromatic heterocycles. The summed E-state index contributed by atoms with van der Waals surface area (Å²) in [4.78, 5) is 5.39. The minimum Gasteiger partial charge on any atom is -0.492 e. The van der Waals surface area contributed by atoms with Crippen molar-refractivity contribution in [2.45, 2.75) is 44.7 Å². The molecule has 2 unspecified atom stereocenters. The van der Waals surface area contributed by atoms with Crippen LogP contribution in [-0.4, -0.2) is 54.7 Å². The summed E-state index contributed by atoms with van der Waals surface area (Å²) >= 11 is 0. The van der Waals surface area contributed by atoms with Gasteiger partial charge in [-0.2, -0.15) is 0 Å². The molecule has 2 heterocycles. The molecule has 1 aromatic carbocycles. The van der Waals surface area contributed by atoms with Gasteiger partial charge in [-0.15, -0.1) is 0 Å². The number of piperidine rings is 1. The number of hydrogen-bond acceptors (Lipinski definition) is 3. The molecule has 0 bridgehead atoms. The van der Waals surface area contributed by atoms with E-state index in [0.717, 1.165) is 24.9 Å². The maximum absolute atomic E-state index is 5.88. The average molecular weight is 288 g/mol. The third-order valence-electron chi connectivity index (χ3n) is 5.02. The first-order chi connectivity index (χ1) is 10.4. The smallest absolute Gasteiger partial charge is 0.119 e. The van der Waals surface area contributed by atoms with Crippen LogP contribution in [0.5, 0.6) is 5.75 Å². The first-order valence-electron chi connectivity index (χ1n) is 8.52. The number of fused-ring (bicyclic) bond motifs is 1. The molecule has 116 valence electrons. The van der Waals surface area contributed by atoms with Gasteiger partial charge in [-0.05, 0) is 37.9 Å². The molecule has 2 aliphatic heterocycles. The molecular formula is C18H28N2O. The van der Waals surface area contributed by atoms with Crippen molar-refractivity contribution in [3.63, 3.8) is 0 Å². The molecule has 2 atom stereocenters. The fraction of sp³-hybridized carbons (Fsp3) is 0.667. The Kier molecular flexibility index (Phi) is 5.15. The molecule has 0 N–H and O–H groups in total. The van der Waals surface area contributed by atoms with Crippen molar-refractivity contribution in [1.29, 1.82) is 0 Å². The van der Waals surface area contributed by atoms with Crippen LogP contribution < -0.4 is 4.74 Å². The lowest BCUT2D eigenvalue weighted by atomic mass is 9.96. The van der Waals surface area contributed by atoms with Gasteiger partial charge in [0.15, 0.2) is 0 Å². The van der Waals surface area contributed by atoms with E-state index in [2.05, 4.69) is 16.7 Å². The summed E-state index contributed by atoms with van der Waals surface area (Å²) in [6, 6.07) is 11.7. The maximum Gasteiger partial charge on any atom is 0.119 e. The molecule has 2 fully saturated rings. The van der Waals surface area contributed by atoms with Crippen LogP contribution in [0.1, 0.15) is 32.6 Å². The van der Waals surface area contributed by atoms with Crippen LogP contribution in [0.25, 0.3) is 0 Å². The van der Waals surface area contributed by atoms with E-state index in [1.165, 1.54) is 45.3 Å². The Morgan fingerprint density at radius 3 is 2.81 bits per heavy atom. The largest absolute Gasteiger partial charge is 0.492 e. The van der Waals surface area contributed by atoms with E-state index in [9.17, 15) is 0 Å². The van der Waals surface area contributed by atoms with Gasteiger partial charge < -0.3 is 4.74 Å². The van der Waals surface area contributed by atoms with Gasteiger partial charge in [-0.25, -0.2) is 0 Å². The quantitative estimate of drug-likeness (QED) is 0.828. The van der Waals surface area contributed by atoms with Crippen molar-refractivity contribution in [2.24, 2.45) is 0 Å². The third kappa shape index (κ3) is 3.78. The molecule has 0 aliphatic carbocycles. The minimum absolute atomic E-state index is 0.707. The second kappa shape index (κ2) is 7.28. The molecule has 0 radical (unpaired) electrons. The predicted molar refractivity (Wildman–Crippen MR) is 86.8 cm³/mol. The van der Waals surface area contributed by atoms with Crippen LogP contribution in [0.4, 0.5) is 0 Å². The highest BCUT2D eigenvalue weighted by molar-refractivity contribution is 5.20. The second-order valence-corrected chi connectivity index (χ2v) is 6.36. The summed E-state index contributed by atoms with van der Waals surface area (Å²) in [7, 11) is 0. The van der Waals surface area contributed by atoms with Crippen LogP contribution in [0.2, 0.25) is 0 Å². The van der Waals surface area contributed by atoms with Gasteiger partial charge in [0, 0.05) is 31.7 Å². The van der Waals surface area contributed by atoms with Crippen molar-refractivity contribution in [3.8, 4) is 5.75 Å². The Morgan fingerprint density at radius 1 is 1.14 bits per heavy atom. The highest BCUT2D eigenvalue weighted by Crippen LogP contribution is 2.25. The number of piperazine rings is 1. The van der Waals surface area contributed by atoms with Gasteiger partial charge in [0.2, 0.25) is 0 Å². The molecule has 2 aliphatic rings. The SMILES string of the molecule is CCC1CN2CCCCC2CN1CCOc1ccccc1. The van der Waals surface area contributed by atoms with E-state index in [4.69, 9.17) is 4.74 Å². The standard InChI is InChI=1S/C18H28N2O/c1-2-16-14-19-11-7-6-8-17(19)15-20(16)12-13-21-18-9-4-3-5-10-18/h3-5,9-10,16-17H,2,6-8,11-15H2,1H3. The molecule has 0 spiro atoms. The maximum atomic E-state index is 5.88. The average Bonchev–Trinajstić information content (AvgIpc) is 2.55. The topological polar surface area (TPSA) is 15.7 Å². The van der Waals surface area contributed by atoms with E-state index in [0.29, 0.717) is 6.04 Å². The van der Waals surface area contributed by atoms with Gasteiger partial charge in [0.05, 0.1) is 0 Å². The van der Waals surface area contributed by atoms with Gasteiger partial charge in [-0.1, -0.05) is 31.5 Å². The lowest BCUT2D eigenvalue weighted by Gasteiger charge is -2.48. The summed E-state index contributed by atoms with van der Waals surface area (Å²) in [5, 5.41) is 0. The Morgan fingerprint density at radius 2 is 2.00 bits per heavy atom. The Balaban J connectivity index is 1.51. The zero-order valence-corrected chi connectivity index (χ0v) is 13.2. The van der Waals surface area contributed by atoms with Crippen LogP contribution in [0, 0.1) is 0 Å². The summed E-state index contributed by atoms with van der Waals surface area (Å²) in [6.45, 7) is 7.98. The summed E-state index contributed by atoms with van der Waals surface area (Å²) in [6.07, 6.45) is 5.43. The molecule has 2 saturated heterocycles. The van der Waals surface area contributed by atoms with Crippen LogP contribution >= 0.6 is 0 Å². The number of hydrogen-bond donors (Lipinski definition) is 0. The normalized spacial score (nSPS) is 27.3. The number of rotatable bonds is 5. The number of para-hydroxylation sites is 1. The van der Waals surface area contributed by atoms with Crippen molar-refractivity contribution < 1.29 is 4.74 Å². The van der Waals surface area contributed by atoms with Gasteiger partial charge in [0.1, 0.15) is 12.4 Å². The molecule has 0 amide bonds. The number of nitrogens with zero attached hydrogens (tertiary/aromatic N) is 2. The van der Waals surface area contributed by atoms with Crippen molar-refractivity contribution >= 4 is 0 Å². The van der Waals surface area contributed by atoms with E-state index in [1.54, 1.807) is 0 Å². The van der Waals surface area contributed by atoms with Crippen LogP contribution in [0.15, 0.2) is 30.3 Å². The molecule has 3 nitrogen and oxygen atoms in total. The lowest BCUT2D eigenvalue weighted by molar-refractivity contribution is 0.00220. The highest BCUT2D eigenvalue weighted by Gasteiger charge is 2.33. The molecular weight excluding hydrogens is 260 g/mol. The molecule has 0 saturated carbocycles. The summed E-state index contributed by atoms with van der Waals surface area (Å²) in [5.74, 6) is 0.988. The fourth-order valence-electron chi connectivity index (χ4n) is 3.77. The zero-order chi connectivity index (χ0) is 14.5. The van der Waals surface area contributed by atoms with Gasteiger partial charge >= 0.3 is 0 Å². The monoisotopic (exact) mass is 288 g/mol. The second-order valence-electron chi connectivity index (χ2n) is 6.36. The molecule has 3 heteroatoms. The van der Waals surface area contributed by atoms with Crippen LogP contribution in [-0.2, 0) is 0 Å². The van der Waals surface area contributed by atoms with Crippen molar-refractivity contribution in [1.82, 2.24) is 9.80 Å². The summed E-state index contributed by atoms with van der Waals surface area (Å²) < 4.78 is 5.88. The highest BCUT2D eigenvalue weighted by atomic mass is 16.5. The van der Waals surface area contributed by atoms with E-state index in [-0.39, 0.29) is 0 Å². The first kappa shape index (κ1) is 14.9. The Labute approximate surface area is 128 Å². The van der Waals surface area contributed by atoms with E-state index >= 15 is 0 Å². The number of benzene rings is 1. The number of ether oxygens (including phenoxy) is 1. The Hall–Kier alpha value is -1.06. The lowest BCUT2D eigenvalue weighted by Crippen LogP contribution is -2.59. The molecule has 21 heavy (non-hydrogen) atoms. The van der Waals surface area contributed by atoms with Crippen LogP contribution in [0.3, 0.4) is 0 Å². The first-order valence-corrected chi connectivity index (χ1v) is 8.52. The van der Waals surface area contributed by atoms with Gasteiger partial charge in [0.25, 0.3) is 0 Å². The predicted octanol–water partition coefficient (Wildman–Crippen LogP) is 3.01. The molecule has 1 aromatic rings. The van der Waals surface area contributed by atoms with Gasteiger partial charge in [-0.3, -0.25) is 9.80 Å². The Bertz CT molecular complexity index is 422. The summed E-state index contributed by atoms with van der Waals surface area (Å²) in [5.41, 5.74) is 0.